The van der Waals surface area contributed by atoms with Gasteiger partial charge in [-0.15, -0.1) is 11.3 Å². The van der Waals surface area contributed by atoms with Crippen molar-refractivity contribution in [2.45, 2.75) is 12.8 Å². The van der Waals surface area contributed by atoms with Crippen molar-refractivity contribution >= 4 is 33.0 Å². The number of carbonyl (C=O) groups excluding carboxylic acids is 1. The first kappa shape index (κ1) is 16.1. The van der Waals surface area contributed by atoms with E-state index in [1.165, 1.54) is 29.0 Å². The molecule has 2 aromatic carbocycles. The summed E-state index contributed by atoms with van der Waals surface area (Å²) >= 11 is 1.34. The standard InChI is InChI=1S/C18H16N2O3S/c1-12(13-5-3-2-4-6-13)11-19-18(21)17-10-14-9-15(20(22)23)7-8-16(14)24-17/h2-10,12H,11H2,1H3,(H,19,21)/t12-/m0/s1. The molecule has 122 valence electrons. The number of amides is 1. The van der Waals surface area contributed by atoms with Crippen LogP contribution in [0.2, 0.25) is 0 Å². The van der Waals surface area contributed by atoms with Gasteiger partial charge in [0.1, 0.15) is 0 Å². The van der Waals surface area contributed by atoms with Crippen molar-refractivity contribution in [3.05, 3.63) is 75.2 Å². The van der Waals surface area contributed by atoms with Crippen molar-refractivity contribution in [2.24, 2.45) is 0 Å². The first-order chi connectivity index (χ1) is 11.5. The first-order valence-electron chi connectivity index (χ1n) is 7.56. The van der Waals surface area contributed by atoms with Gasteiger partial charge in [-0.05, 0) is 23.6 Å². The number of hydrogen-bond acceptors (Lipinski definition) is 4. The van der Waals surface area contributed by atoms with Crippen LogP contribution >= 0.6 is 11.3 Å². The van der Waals surface area contributed by atoms with Crippen LogP contribution in [0.1, 0.15) is 28.1 Å². The van der Waals surface area contributed by atoms with Crippen LogP contribution in [0.25, 0.3) is 10.1 Å². The van der Waals surface area contributed by atoms with E-state index in [-0.39, 0.29) is 17.5 Å². The number of fused-ring (bicyclic) bond motifs is 1. The van der Waals surface area contributed by atoms with Gasteiger partial charge in [-0.25, -0.2) is 0 Å². The highest BCUT2D eigenvalue weighted by Crippen LogP contribution is 2.29. The van der Waals surface area contributed by atoms with Crippen molar-refractivity contribution in [3.63, 3.8) is 0 Å². The molecule has 1 heterocycles. The summed E-state index contributed by atoms with van der Waals surface area (Å²) < 4.78 is 0.863. The second kappa shape index (κ2) is 6.80. The maximum Gasteiger partial charge on any atom is 0.270 e. The van der Waals surface area contributed by atoms with E-state index in [4.69, 9.17) is 0 Å². The summed E-state index contributed by atoms with van der Waals surface area (Å²) in [6, 6.07) is 16.3. The number of carbonyl (C=O) groups is 1. The number of benzene rings is 2. The average Bonchev–Trinajstić information content (AvgIpc) is 3.03. The number of nitro benzene ring substituents is 1. The number of thiophene rings is 1. The predicted molar refractivity (Wildman–Crippen MR) is 95.7 cm³/mol. The Labute approximate surface area is 143 Å². The molecule has 0 bridgehead atoms. The minimum atomic E-state index is -0.432. The summed E-state index contributed by atoms with van der Waals surface area (Å²) in [5, 5.41) is 14.5. The Morgan fingerprint density at radius 1 is 1.21 bits per heavy atom. The lowest BCUT2D eigenvalue weighted by Gasteiger charge is -2.12. The van der Waals surface area contributed by atoms with E-state index in [0.29, 0.717) is 11.4 Å². The number of rotatable bonds is 5. The Bertz CT molecular complexity index is 890. The van der Waals surface area contributed by atoms with Crippen LogP contribution in [0, 0.1) is 10.1 Å². The van der Waals surface area contributed by atoms with Crippen LogP contribution in [0.4, 0.5) is 5.69 Å². The van der Waals surface area contributed by atoms with Gasteiger partial charge in [-0.3, -0.25) is 14.9 Å². The van der Waals surface area contributed by atoms with Crippen LogP contribution in [-0.2, 0) is 0 Å². The van der Waals surface area contributed by atoms with Crippen LogP contribution in [0.3, 0.4) is 0 Å². The van der Waals surface area contributed by atoms with Gasteiger partial charge < -0.3 is 5.32 Å². The predicted octanol–water partition coefficient (Wildman–Crippen LogP) is 4.34. The van der Waals surface area contributed by atoms with E-state index in [9.17, 15) is 14.9 Å². The highest BCUT2D eigenvalue weighted by Gasteiger charge is 2.14. The molecule has 0 saturated heterocycles. The zero-order valence-corrected chi connectivity index (χ0v) is 13.9. The van der Waals surface area contributed by atoms with Crippen molar-refractivity contribution in [3.8, 4) is 0 Å². The first-order valence-corrected chi connectivity index (χ1v) is 8.37. The minimum absolute atomic E-state index is 0.0324. The quantitative estimate of drug-likeness (QED) is 0.554. The Hall–Kier alpha value is -2.73. The summed E-state index contributed by atoms with van der Waals surface area (Å²) in [6.45, 7) is 2.60. The van der Waals surface area contributed by atoms with Crippen LogP contribution < -0.4 is 5.32 Å². The number of nitrogens with zero attached hydrogens (tertiary/aromatic N) is 1. The summed E-state index contributed by atoms with van der Waals surface area (Å²) in [5.41, 5.74) is 1.20. The summed E-state index contributed by atoms with van der Waals surface area (Å²) in [7, 11) is 0. The summed E-state index contributed by atoms with van der Waals surface area (Å²) in [6.07, 6.45) is 0. The van der Waals surface area contributed by atoms with Crippen molar-refractivity contribution < 1.29 is 9.72 Å². The molecule has 0 fully saturated rings. The molecular weight excluding hydrogens is 324 g/mol. The largest absolute Gasteiger partial charge is 0.351 e. The smallest absolute Gasteiger partial charge is 0.270 e. The Kier molecular flexibility index (Phi) is 4.57. The molecule has 6 heteroatoms. The molecule has 0 aliphatic carbocycles. The molecule has 1 amide bonds. The Morgan fingerprint density at radius 2 is 1.96 bits per heavy atom. The molecule has 1 N–H and O–H groups in total. The molecule has 0 aliphatic rings. The monoisotopic (exact) mass is 340 g/mol. The fourth-order valence-corrected chi connectivity index (χ4v) is 3.45. The van der Waals surface area contributed by atoms with E-state index in [1.54, 1.807) is 12.1 Å². The third-order valence-electron chi connectivity index (χ3n) is 3.87. The maximum absolute atomic E-state index is 12.3. The van der Waals surface area contributed by atoms with E-state index in [2.05, 4.69) is 12.2 Å². The van der Waals surface area contributed by atoms with Crippen LogP contribution in [0.15, 0.2) is 54.6 Å². The number of nitro groups is 1. The number of nitrogens with one attached hydrogen (secondary N) is 1. The van der Waals surface area contributed by atoms with Crippen molar-refractivity contribution in [1.29, 1.82) is 0 Å². The fraction of sp³-hybridized carbons (Fsp3) is 0.167. The molecule has 0 aliphatic heterocycles. The molecule has 0 unspecified atom stereocenters. The normalized spacial score (nSPS) is 12.0. The molecule has 3 rings (SSSR count). The van der Waals surface area contributed by atoms with Crippen LogP contribution in [0.5, 0.6) is 0 Å². The van der Waals surface area contributed by atoms with Gasteiger partial charge in [0.2, 0.25) is 0 Å². The van der Waals surface area contributed by atoms with E-state index in [0.717, 1.165) is 10.1 Å². The highest BCUT2D eigenvalue weighted by molar-refractivity contribution is 7.20. The molecule has 5 nitrogen and oxygen atoms in total. The summed E-state index contributed by atoms with van der Waals surface area (Å²) in [5.74, 6) is 0.0623. The third kappa shape index (κ3) is 3.44. The van der Waals surface area contributed by atoms with Gasteiger partial charge in [0.05, 0.1) is 9.80 Å². The number of non-ortho nitro benzene ring substituents is 1. The lowest BCUT2D eigenvalue weighted by Crippen LogP contribution is -2.26. The molecule has 0 radical (unpaired) electrons. The Balaban J connectivity index is 1.71. The van der Waals surface area contributed by atoms with Gasteiger partial charge in [0.25, 0.3) is 11.6 Å². The minimum Gasteiger partial charge on any atom is -0.351 e. The van der Waals surface area contributed by atoms with E-state index < -0.39 is 4.92 Å². The topological polar surface area (TPSA) is 72.2 Å². The van der Waals surface area contributed by atoms with Crippen molar-refractivity contribution in [1.82, 2.24) is 5.32 Å². The molecule has 1 atom stereocenters. The maximum atomic E-state index is 12.3. The second-order valence-corrected chi connectivity index (χ2v) is 6.70. The zero-order chi connectivity index (χ0) is 17.1. The van der Waals surface area contributed by atoms with E-state index in [1.807, 2.05) is 30.3 Å². The molecule has 24 heavy (non-hydrogen) atoms. The summed E-state index contributed by atoms with van der Waals surface area (Å²) in [4.78, 5) is 23.3. The molecule has 0 saturated carbocycles. The van der Waals surface area contributed by atoms with E-state index >= 15 is 0 Å². The Morgan fingerprint density at radius 3 is 2.67 bits per heavy atom. The van der Waals surface area contributed by atoms with Crippen LogP contribution in [-0.4, -0.2) is 17.4 Å². The van der Waals surface area contributed by atoms with Gasteiger partial charge in [-0.2, -0.15) is 0 Å². The fourth-order valence-electron chi connectivity index (χ4n) is 2.49. The van der Waals surface area contributed by atoms with Crippen molar-refractivity contribution in [2.75, 3.05) is 6.54 Å². The van der Waals surface area contributed by atoms with Gasteiger partial charge >= 0.3 is 0 Å². The number of hydrogen-bond donors (Lipinski definition) is 1. The van der Waals surface area contributed by atoms with Gasteiger partial charge in [-0.1, -0.05) is 37.3 Å². The van der Waals surface area contributed by atoms with Gasteiger partial charge in [0, 0.05) is 28.8 Å². The SMILES string of the molecule is C[C@@H](CNC(=O)c1cc2cc([N+](=O)[O-])ccc2s1)c1ccccc1. The lowest BCUT2D eigenvalue weighted by molar-refractivity contribution is -0.384. The lowest BCUT2D eigenvalue weighted by atomic mass is 10.0. The highest BCUT2D eigenvalue weighted by atomic mass is 32.1. The average molecular weight is 340 g/mol. The van der Waals surface area contributed by atoms with Gasteiger partial charge in [0.15, 0.2) is 0 Å². The molecular formula is C18H16N2O3S. The molecule has 1 aromatic heterocycles. The third-order valence-corrected chi connectivity index (χ3v) is 4.99. The zero-order valence-electron chi connectivity index (χ0n) is 13.1. The second-order valence-electron chi connectivity index (χ2n) is 5.61. The molecule has 0 spiro atoms. The molecule has 3 aromatic rings.